The predicted molar refractivity (Wildman–Crippen MR) is 76.5 cm³/mol. The van der Waals surface area contributed by atoms with Crippen molar-refractivity contribution in [2.75, 3.05) is 0 Å². The summed E-state index contributed by atoms with van der Waals surface area (Å²) in [5, 5.41) is 26.8. The van der Waals surface area contributed by atoms with Crippen LogP contribution < -0.4 is 0 Å². The normalized spacial score (nSPS) is 17.7. The van der Waals surface area contributed by atoms with Gasteiger partial charge >= 0.3 is 0 Å². The number of nitriles is 2. The SMILES string of the molecule is CCCCC(C)(C#N)N=NC(C)(C#N)CCC(C)C. The Bertz CT molecular complexity index is 375. The summed E-state index contributed by atoms with van der Waals surface area (Å²) >= 11 is 0. The van der Waals surface area contributed by atoms with Gasteiger partial charge in [-0.3, -0.25) is 0 Å². The van der Waals surface area contributed by atoms with Gasteiger partial charge in [0.15, 0.2) is 11.1 Å². The Balaban J connectivity index is 4.79. The Labute approximate surface area is 117 Å². The summed E-state index contributed by atoms with van der Waals surface area (Å²) in [6.45, 7) is 9.89. The van der Waals surface area contributed by atoms with Gasteiger partial charge in [-0.25, -0.2) is 0 Å². The topological polar surface area (TPSA) is 72.3 Å². The lowest BCUT2D eigenvalue weighted by Gasteiger charge is -2.20. The highest BCUT2D eigenvalue weighted by Gasteiger charge is 2.27. The van der Waals surface area contributed by atoms with E-state index in [0.717, 1.165) is 19.3 Å². The van der Waals surface area contributed by atoms with E-state index in [-0.39, 0.29) is 0 Å². The zero-order valence-electron chi connectivity index (χ0n) is 12.9. The summed E-state index contributed by atoms with van der Waals surface area (Å²) in [5.74, 6) is 0.533. The molecule has 0 radical (unpaired) electrons. The second-order valence-electron chi connectivity index (χ2n) is 6.01. The molecule has 0 fully saturated rings. The molecule has 106 valence electrons. The highest BCUT2D eigenvalue weighted by atomic mass is 15.2. The summed E-state index contributed by atoms with van der Waals surface area (Å²) in [6.07, 6.45) is 4.27. The van der Waals surface area contributed by atoms with Crippen LogP contribution in [0.1, 0.15) is 66.7 Å². The average molecular weight is 262 g/mol. The maximum Gasteiger partial charge on any atom is 0.164 e. The second-order valence-corrected chi connectivity index (χ2v) is 6.01. The monoisotopic (exact) mass is 262 g/mol. The van der Waals surface area contributed by atoms with Crippen LogP contribution in [0.5, 0.6) is 0 Å². The van der Waals surface area contributed by atoms with Crippen LogP contribution in [0.25, 0.3) is 0 Å². The highest BCUT2D eigenvalue weighted by molar-refractivity contribution is 5.07. The van der Waals surface area contributed by atoms with Crippen molar-refractivity contribution in [1.82, 2.24) is 0 Å². The second kappa shape index (κ2) is 7.89. The molecule has 4 heteroatoms. The van der Waals surface area contributed by atoms with Gasteiger partial charge in [-0.2, -0.15) is 20.8 Å². The third kappa shape index (κ3) is 6.91. The summed E-state index contributed by atoms with van der Waals surface area (Å²) in [5.41, 5.74) is -1.61. The zero-order chi connectivity index (χ0) is 14.9. The minimum absolute atomic E-state index is 0.533. The molecule has 0 aromatic carbocycles. The maximum atomic E-state index is 9.26. The molecule has 0 amide bonds. The fraction of sp³-hybridized carbons (Fsp3) is 0.867. The molecule has 0 heterocycles. The molecule has 0 aromatic rings. The van der Waals surface area contributed by atoms with Gasteiger partial charge in [0.1, 0.15) is 0 Å². The van der Waals surface area contributed by atoms with Gasteiger partial charge in [0.05, 0.1) is 12.1 Å². The third-order valence-electron chi connectivity index (χ3n) is 3.20. The summed E-state index contributed by atoms with van der Waals surface area (Å²) in [4.78, 5) is 0. The van der Waals surface area contributed by atoms with Crippen molar-refractivity contribution in [3.8, 4) is 12.1 Å². The van der Waals surface area contributed by atoms with Crippen molar-refractivity contribution in [3.63, 3.8) is 0 Å². The van der Waals surface area contributed by atoms with Crippen LogP contribution in [-0.4, -0.2) is 11.1 Å². The lowest BCUT2D eigenvalue weighted by Crippen LogP contribution is -2.24. The first-order valence-corrected chi connectivity index (χ1v) is 7.07. The number of azo groups is 1. The van der Waals surface area contributed by atoms with Crippen LogP contribution in [0.15, 0.2) is 10.2 Å². The first-order valence-electron chi connectivity index (χ1n) is 7.07. The number of hydrogen-bond donors (Lipinski definition) is 0. The molecule has 19 heavy (non-hydrogen) atoms. The molecule has 2 unspecified atom stereocenters. The van der Waals surface area contributed by atoms with E-state index in [1.54, 1.807) is 13.8 Å². The number of nitrogens with zero attached hydrogens (tertiary/aromatic N) is 4. The van der Waals surface area contributed by atoms with Crippen molar-refractivity contribution in [2.24, 2.45) is 16.1 Å². The lowest BCUT2D eigenvalue weighted by atomic mass is 9.94. The van der Waals surface area contributed by atoms with Crippen LogP contribution >= 0.6 is 0 Å². The molecule has 0 saturated carbocycles. The standard InChI is InChI=1S/C15H26N4/c1-6-7-9-14(4,11-16)18-19-15(5,12-17)10-8-13(2)3/h13H,6-10H2,1-5H3. The molecule has 0 aliphatic rings. The minimum Gasteiger partial charge on any atom is -0.196 e. The smallest absolute Gasteiger partial charge is 0.164 e. The zero-order valence-corrected chi connectivity index (χ0v) is 12.9. The van der Waals surface area contributed by atoms with Crippen molar-refractivity contribution < 1.29 is 0 Å². The highest BCUT2D eigenvalue weighted by Crippen LogP contribution is 2.24. The van der Waals surface area contributed by atoms with Crippen LogP contribution in [-0.2, 0) is 0 Å². The third-order valence-corrected chi connectivity index (χ3v) is 3.20. The molecule has 0 rings (SSSR count). The van der Waals surface area contributed by atoms with Crippen molar-refractivity contribution in [2.45, 2.75) is 77.8 Å². The van der Waals surface area contributed by atoms with Crippen molar-refractivity contribution in [1.29, 1.82) is 10.5 Å². The number of hydrogen-bond acceptors (Lipinski definition) is 4. The van der Waals surface area contributed by atoms with E-state index in [1.807, 2.05) is 0 Å². The molecule has 0 N–H and O–H groups in total. The average Bonchev–Trinajstić information content (AvgIpc) is 2.40. The van der Waals surface area contributed by atoms with Gasteiger partial charge in [0, 0.05) is 0 Å². The Morgan fingerprint density at radius 3 is 1.84 bits per heavy atom. The quantitative estimate of drug-likeness (QED) is 0.598. The molecule has 0 bridgehead atoms. The molecular weight excluding hydrogens is 236 g/mol. The molecule has 2 atom stereocenters. The van der Waals surface area contributed by atoms with Crippen LogP contribution in [0.2, 0.25) is 0 Å². The molecule has 4 nitrogen and oxygen atoms in total. The fourth-order valence-corrected chi connectivity index (χ4v) is 1.57. The van der Waals surface area contributed by atoms with E-state index >= 15 is 0 Å². The van der Waals surface area contributed by atoms with Gasteiger partial charge in [-0.1, -0.05) is 33.6 Å². The van der Waals surface area contributed by atoms with Gasteiger partial charge in [0.2, 0.25) is 0 Å². The van der Waals surface area contributed by atoms with Gasteiger partial charge in [0.25, 0.3) is 0 Å². The Kier molecular flexibility index (Phi) is 7.30. The van der Waals surface area contributed by atoms with E-state index < -0.39 is 11.1 Å². The molecule has 0 aliphatic heterocycles. The van der Waals surface area contributed by atoms with Gasteiger partial charge < -0.3 is 0 Å². The largest absolute Gasteiger partial charge is 0.196 e. The number of unbranched alkanes of at least 4 members (excludes halogenated alkanes) is 1. The summed E-state index contributed by atoms with van der Waals surface area (Å²) in [6, 6.07) is 4.42. The van der Waals surface area contributed by atoms with E-state index in [1.165, 1.54) is 0 Å². The summed E-state index contributed by atoms with van der Waals surface area (Å²) in [7, 11) is 0. The summed E-state index contributed by atoms with van der Waals surface area (Å²) < 4.78 is 0. The van der Waals surface area contributed by atoms with Crippen LogP contribution in [0.4, 0.5) is 0 Å². The van der Waals surface area contributed by atoms with Crippen LogP contribution in [0.3, 0.4) is 0 Å². The molecule has 0 saturated heterocycles. The van der Waals surface area contributed by atoms with Gasteiger partial charge in [-0.15, -0.1) is 0 Å². The number of rotatable bonds is 8. The van der Waals surface area contributed by atoms with E-state index in [0.29, 0.717) is 18.8 Å². The first kappa shape index (κ1) is 17.6. The Hall–Kier alpha value is -1.42. The molecular formula is C15H26N4. The van der Waals surface area contributed by atoms with E-state index in [2.05, 4.69) is 43.1 Å². The van der Waals surface area contributed by atoms with Crippen molar-refractivity contribution >= 4 is 0 Å². The van der Waals surface area contributed by atoms with Crippen LogP contribution in [0, 0.1) is 28.6 Å². The van der Waals surface area contributed by atoms with Crippen molar-refractivity contribution in [3.05, 3.63) is 0 Å². The Morgan fingerprint density at radius 2 is 1.47 bits per heavy atom. The van der Waals surface area contributed by atoms with E-state index in [9.17, 15) is 10.5 Å². The first-order chi connectivity index (χ1) is 8.81. The Morgan fingerprint density at radius 1 is 1.00 bits per heavy atom. The molecule has 0 aliphatic carbocycles. The predicted octanol–water partition coefficient (Wildman–Crippen LogP) is 4.63. The molecule has 0 spiro atoms. The fourth-order valence-electron chi connectivity index (χ4n) is 1.57. The lowest BCUT2D eigenvalue weighted by molar-refractivity contribution is 0.412. The van der Waals surface area contributed by atoms with E-state index in [4.69, 9.17) is 0 Å². The van der Waals surface area contributed by atoms with Gasteiger partial charge in [-0.05, 0) is 39.0 Å². The maximum absolute atomic E-state index is 9.26. The minimum atomic E-state index is -0.811. The molecule has 0 aromatic heterocycles.